The van der Waals surface area contributed by atoms with E-state index in [2.05, 4.69) is 10.5 Å². The van der Waals surface area contributed by atoms with E-state index in [-0.39, 0.29) is 24.2 Å². The zero-order valence-corrected chi connectivity index (χ0v) is 17.3. The third-order valence-electron chi connectivity index (χ3n) is 9.02. The summed E-state index contributed by atoms with van der Waals surface area (Å²) in [7, 11) is 0. The molecule has 1 N–H and O–H groups in total. The highest BCUT2D eigenvalue weighted by Gasteiger charge is 3.05. The first-order chi connectivity index (χ1) is 15.0. The van der Waals surface area contributed by atoms with Crippen molar-refractivity contribution >= 4 is 23.7 Å². The van der Waals surface area contributed by atoms with Crippen molar-refractivity contribution in [2.45, 2.75) is 42.4 Å². The summed E-state index contributed by atoms with van der Waals surface area (Å²) in [4.78, 5) is 12.2. The molecule has 172 valence electrons. The molecule has 1 aromatic rings. The Morgan fingerprint density at radius 2 is 1.53 bits per heavy atom. The van der Waals surface area contributed by atoms with E-state index >= 15 is 8.78 Å². The van der Waals surface area contributed by atoms with Crippen LogP contribution in [-0.2, 0) is 0 Å². The molecule has 4 bridgehead atoms. The molecule has 0 saturated heterocycles. The minimum absolute atomic E-state index is 0.134. The van der Waals surface area contributed by atoms with E-state index in [9.17, 15) is 22.4 Å². The summed E-state index contributed by atoms with van der Waals surface area (Å²) in [6.45, 7) is 0. The minimum Gasteiger partial charge on any atom is -0.267 e. The van der Waals surface area contributed by atoms with Crippen molar-refractivity contribution in [3.05, 3.63) is 34.9 Å². The summed E-state index contributed by atoms with van der Waals surface area (Å²) in [5.41, 5.74) is -4.85. The SMILES string of the molecule is O=C(N/N=C\[C@@H]1C[C@H]2C[C@H]1[C@@H]1[C@@H]2[C@H]2C[C@H]1[C@@]1(F)C(F)(F)C(F)(F)[C@]21F)c1ccc(Cl)cc1. The average Bonchev–Trinajstić information content (AvgIpc) is 3.47. The van der Waals surface area contributed by atoms with Crippen molar-refractivity contribution < 1.29 is 31.1 Å². The maximum Gasteiger partial charge on any atom is 0.350 e. The van der Waals surface area contributed by atoms with Crippen LogP contribution in [0.4, 0.5) is 26.3 Å². The summed E-state index contributed by atoms with van der Waals surface area (Å²) in [5, 5.41) is 4.46. The van der Waals surface area contributed by atoms with Gasteiger partial charge in [-0.1, -0.05) is 11.6 Å². The van der Waals surface area contributed by atoms with Crippen molar-refractivity contribution in [3.8, 4) is 0 Å². The molecule has 6 rings (SSSR count). The summed E-state index contributed by atoms with van der Waals surface area (Å²) < 4.78 is 87.3. The van der Waals surface area contributed by atoms with E-state index in [1.807, 2.05) is 0 Å². The number of benzene rings is 1. The minimum atomic E-state index is -5.00. The van der Waals surface area contributed by atoms with E-state index in [0.29, 0.717) is 23.4 Å². The number of fused-ring (bicyclic) bond motifs is 12. The predicted molar refractivity (Wildman–Crippen MR) is 103 cm³/mol. The third-order valence-corrected chi connectivity index (χ3v) is 9.27. The predicted octanol–water partition coefficient (Wildman–Crippen LogP) is 5.29. The fraction of sp³-hybridized carbons (Fsp3) is 0.636. The second kappa shape index (κ2) is 6.02. The van der Waals surface area contributed by atoms with Gasteiger partial charge in [-0.15, -0.1) is 0 Å². The fourth-order valence-corrected chi connectivity index (χ4v) is 8.12. The van der Waals surface area contributed by atoms with Crippen LogP contribution in [-0.4, -0.2) is 35.3 Å². The number of hydrogen-bond donors (Lipinski definition) is 1. The quantitative estimate of drug-likeness (QED) is 0.274. The molecule has 5 fully saturated rings. The molecule has 0 aromatic heterocycles. The Labute approximate surface area is 184 Å². The highest BCUT2D eigenvalue weighted by Crippen LogP contribution is 2.85. The van der Waals surface area contributed by atoms with Gasteiger partial charge in [0.25, 0.3) is 5.91 Å². The number of carbonyl (C=O) groups is 1. The standard InChI is InChI=1S/C22H19ClF6N2O/c23-12-3-1-9(2-4-12)18(32)31-30-8-11-5-10-6-13(11)17-15-7-14(16(10)17)19(24)20(15,25)22(28,29)21(19,26)27/h1-4,8,10-11,13-17H,5-7H2,(H,31,32)/b30-8-/t10-,11-,13+,14+,15+,16-,17-,19-,20-/m0/s1. The number of alkyl halides is 6. The molecule has 9 atom stereocenters. The molecule has 32 heavy (non-hydrogen) atoms. The Morgan fingerprint density at radius 1 is 0.938 bits per heavy atom. The zero-order valence-electron chi connectivity index (χ0n) is 16.6. The van der Waals surface area contributed by atoms with Gasteiger partial charge in [0.2, 0.25) is 11.3 Å². The maximum absolute atomic E-state index is 15.4. The van der Waals surface area contributed by atoms with Gasteiger partial charge in [-0.05, 0) is 73.1 Å². The molecule has 0 radical (unpaired) electrons. The second-order valence-corrected chi connectivity index (χ2v) is 10.4. The Hall–Kier alpha value is -1.77. The summed E-state index contributed by atoms with van der Waals surface area (Å²) in [6.07, 6.45) is 2.33. The van der Waals surface area contributed by atoms with Gasteiger partial charge in [-0.3, -0.25) is 4.79 Å². The number of carbonyl (C=O) groups excluding carboxylic acids is 1. The summed E-state index contributed by atoms with van der Waals surface area (Å²) in [6, 6.07) is 6.18. The van der Waals surface area contributed by atoms with Crippen LogP contribution >= 0.6 is 11.6 Å². The second-order valence-electron chi connectivity index (χ2n) is 9.96. The number of hydrazone groups is 1. The number of amides is 1. The number of rotatable bonds is 3. The van der Waals surface area contributed by atoms with Crippen molar-refractivity contribution in [2.75, 3.05) is 0 Å². The van der Waals surface area contributed by atoms with Gasteiger partial charge >= 0.3 is 11.8 Å². The van der Waals surface area contributed by atoms with Crippen molar-refractivity contribution in [3.63, 3.8) is 0 Å². The van der Waals surface area contributed by atoms with Crippen LogP contribution in [0.3, 0.4) is 0 Å². The molecule has 5 aliphatic carbocycles. The molecule has 5 aliphatic rings. The monoisotopic (exact) mass is 476 g/mol. The lowest BCUT2D eigenvalue weighted by molar-refractivity contribution is -0.456. The van der Waals surface area contributed by atoms with Crippen LogP contribution in [0.2, 0.25) is 5.02 Å². The van der Waals surface area contributed by atoms with Gasteiger partial charge in [0.05, 0.1) is 0 Å². The molecule has 0 unspecified atom stereocenters. The fourth-order valence-electron chi connectivity index (χ4n) is 7.99. The summed E-state index contributed by atoms with van der Waals surface area (Å²) in [5.74, 6) is -14.9. The van der Waals surface area contributed by atoms with Crippen LogP contribution in [0.15, 0.2) is 29.4 Å². The Morgan fingerprint density at radius 3 is 2.16 bits per heavy atom. The molecule has 1 amide bonds. The smallest absolute Gasteiger partial charge is 0.267 e. The molecule has 1 aromatic carbocycles. The Bertz CT molecular complexity index is 1030. The Kier molecular flexibility index (Phi) is 3.91. The lowest BCUT2D eigenvalue weighted by Crippen LogP contribution is -2.89. The van der Waals surface area contributed by atoms with E-state index < -0.39 is 52.8 Å². The van der Waals surface area contributed by atoms with Gasteiger partial charge in [-0.2, -0.15) is 22.7 Å². The first-order valence-electron chi connectivity index (χ1n) is 10.7. The largest absolute Gasteiger partial charge is 0.350 e. The number of nitrogens with zero attached hydrogens (tertiary/aromatic N) is 1. The topological polar surface area (TPSA) is 41.5 Å². The first kappa shape index (κ1) is 20.8. The summed E-state index contributed by atoms with van der Waals surface area (Å²) >= 11 is 5.79. The highest BCUT2D eigenvalue weighted by molar-refractivity contribution is 6.30. The van der Waals surface area contributed by atoms with Gasteiger partial charge in [-0.25, -0.2) is 14.2 Å². The molecule has 10 heteroatoms. The average molecular weight is 477 g/mol. The van der Waals surface area contributed by atoms with Crippen molar-refractivity contribution in [1.82, 2.24) is 5.43 Å². The van der Waals surface area contributed by atoms with Gasteiger partial charge in [0.15, 0.2) is 0 Å². The van der Waals surface area contributed by atoms with Gasteiger partial charge < -0.3 is 0 Å². The number of hydrogen-bond acceptors (Lipinski definition) is 2. The van der Waals surface area contributed by atoms with E-state index in [0.717, 1.165) is 0 Å². The van der Waals surface area contributed by atoms with Gasteiger partial charge in [0, 0.05) is 28.6 Å². The van der Waals surface area contributed by atoms with Crippen molar-refractivity contribution in [1.29, 1.82) is 0 Å². The molecule has 5 saturated carbocycles. The van der Waals surface area contributed by atoms with E-state index in [4.69, 9.17) is 11.6 Å². The third kappa shape index (κ3) is 2.00. The molecule has 0 heterocycles. The zero-order chi connectivity index (χ0) is 22.8. The molecule has 0 aliphatic heterocycles. The molecule has 3 nitrogen and oxygen atoms in total. The first-order valence-corrected chi connectivity index (χ1v) is 11.1. The van der Waals surface area contributed by atoms with Crippen LogP contribution in [0.5, 0.6) is 0 Å². The van der Waals surface area contributed by atoms with Crippen LogP contribution in [0.25, 0.3) is 0 Å². The molecular weight excluding hydrogens is 458 g/mol. The number of halogens is 7. The van der Waals surface area contributed by atoms with Crippen molar-refractivity contribution in [2.24, 2.45) is 46.5 Å². The number of nitrogens with one attached hydrogen (secondary N) is 1. The molecular formula is C22H19ClF6N2O. The van der Waals surface area contributed by atoms with Crippen LogP contribution < -0.4 is 5.43 Å². The van der Waals surface area contributed by atoms with Gasteiger partial charge in [0.1, 0.15) is 0 Å². The lowest BCUT2D eigenvalue weighted by Gasteiger charge is -2.63. The van der Waals surface area contributed by atoms with Crippen LogP contribution in [0.1, 0.15) is 29.6 Å². The highest BCUT2D eigenvalue weighted by atomic mass is 35.5. The van der Waals surface area contributed by atoms with Crippen LogP contribution in [0, 0.1) is 41.4 Å². The normalized spacial score (nSPS) is 48.5. The van der Waals surface area contributed by atoms with E-state index in [1.54, 1.807) is 12.1 Å². The Balaban J connectivity index is 1.20. The molecule has 0 spiro atoms. The van der Waals surface area contributed by atoms with E-state index in [1.165, 1.54) is 18.3 Å². The lowest BCUT2D eigenvalue weighted by atomic mass is 9.48. The maximum atomic E-state index is 15.4.